The van der Waals surface area contributed by atoms with Crippen LogP contribution in [-0.4, -0.2) is 41.6 Å². The van der Waals surface area contributed by atoms with Crippen LogP contribution in [0.3, 0.4) is 0 Å². The number of halogens is 4. The highest BCUT2D eigenvalue weighted by Gasteiger charge is 2.28. The highest BCUT2D eigenvalue weighted by molar-refractivity contribution is 5.92. The summed E-state index contributed by atoms with van der Waals surface area (Å²) in [7, 11) is 0. The Morgan fingerprint density at radius 2 is 2.18 bits per heavy atom. The number of alkyl halides is 3. The lowest BCUT2D eigenvalue weighted by Crippen LogP contribution is -2.32. The Morgan fingerprint density at radius 1 is 1.36 bits per heavy atom. The average molecular weight is 419 g/mol. The number of hydrogen-bond donors (Lipinski definition) is 2. The van der Waals surface area contributed by atoms with Crippen LogP contribution in [0.5, 0.6) is 5.75 Å². The van der Waals surface area contributed by atoms with Crippen LogP contribution in [0.25, 0.3) is 0 Å². The predicted molar refractivity (Wildman–Crippen MR) is 99.8 cm³/mol. The molecule has 28 heavy (non-hydrogen) atoms. The Kier molecular flexibility index (Phi) is 7.70. The van der Waals surface area contributed by atoms with Crippen molar-refractivity contribution in [1.29, 1.82) is 0 Å². The van der Waals surface area contributed by atoms with Gasteiger partial charge < -0.3 is 15.4 Å². The summed E-state index contributed by atoms with van der Waals surface area (Å²) in [6.07, 6.45) is -0.520. The van der Waals surface area contributed by atoms with Gasteiger partial charge in [-0.1, -0.05) is 12.1 Å². The van der Waals surface area contributed by atoms with Crippen molar-refractivity contribution < 1.29 is 22.7 Å². The molecule has 1 atom stereocenters. The molecule has 0 saturated carbocycles. The molecule has 1 saturated heterocycles. The van der Waals surface area contributed by atoms with Gasteiger partial charge in [-0.2, -0.15) is 18.3 Å². The first-order valence-corrected chi connectivity index (χ1v) is 8.73. The van der Waals surface area contributed by atoms with Gasteiger partial charge in [-0.05, 0) is 43.1 Å². The van der Waals surface area contributed by atoms with Crippen LogP contribution in [0.4, 0.5) is 13.2 Å². The molecule has 3 rings (SSSR count). The Hall–Kier alpha value is -2.26. The molecule has 1 aliphatic heterocycles. The molecule has 1 aromatic carbocycles. The molecule has 1 aliphatic rings. The number of rotatable bonds is 6. The standard InChI is InChI=1S/C18H21F3N4O2.ClH/c19-18(20,21)12-27-15-5-1-3-13(9-15)10-23-17(26)16-6-8-25(24-16)14-4-2-7-22-11-14;/h1,3,5-6,8-9,14,22H,2,4,7,10-12H2,(H,23,26);1H. The summed E-state index contributed by atoms with van der Waals surface area (Å²) in [6, 6.07) is 8.09. The first kappa shape index (κ1) is 22.0. The number of carbonyl (C=O) groups is 1. The maximum atomic E-state index is 12.3. The molecule has 2 N–H and O–H groups in total. The molecule has 0 aliphatic carbocycles. The molecule has 0 radical (unpaired) electrons. The van der Waals surface area contributed by atoms with Crippen LogP contribution >= 0.6 is 12.4 Å². The van der Waals surface area contributed by atoms with Crippen molar-refractivity contribution in [2.75, 3.05) is 19.7 Å². The Bertz CT molecular complexity index is 776. The van der Waals surface area contributed by atoms with Crippen molar-refractivity contribution >= 4 is 18.3 Å². The third-order valence-electron chi connectivity index (χ3n) is 4.24. The van der Waals surface area contributed by atoms with Crippen molar-refractivity contribution in [3.05, 3.63) is 47.8 Å². The van der Waals surface area contributed by atoms with Crippen LogP contribution < -0.4 is 15.4 Å². The van der Waals surface area contributed by atoms with Gasteiger partial charge in [0.05, 0.1) is 6.04 Å². The molecule has 2 heterocycles. The first-order valence-electron chi connectivity index (χ1n) is 8.73. The molecule has 6 nitrogen and oxygen atoms in total. The zero-order valence-corrected chi connectivity index (χ0v) is 15.9. The predicted octanol–water partition coefficient (Wildman–Crippen LogP) is 3.10. The number of benzene rings is 1. The molecule has 10 heteroatoms. The zero-order chi connectivity index (χ0) is 19.3. The summed E-state index contributed by atoms with van der Waals surface area (Å²) >= 11 is 0. The fourth-order valence-electron chi connectivity index (χ4n) is 2.91. The lowest BCUT2D eigenvalue weighted by Gasteiger charge is -2.22. The van der Waals surface area contributed by atoms with E-state index in [1.165, 1.54) is 12.1 Å². The van der Waals surface area contributed by atoms with Crippen LogP contribution in [0.2, 0.25) is 0 Å². The van der Waals surface area contributed by atoms with Gasteiger partial charge in [-0.15, -0.1) is 12.4 Å². The molecule has 1 aromatic heterocycles. The molecule has 1 fully saturated rings. The van der Waals surface area contributed by atoms with Crippen LogP contribution in [-0.2, 0) is 6.54 Å². The lowest BCUT2D eigenvalue weighted by molar-refractivity contribution is -0.153. The smallest absolute Gasteiger partial charge is 0.422 e. The minimum absolute atomic E-state index is 0. The van der Waals surface area contributed by atoms with Crippen LogP contribution in [0.15, 0.2) is 36.5 Å². The van der Waals surface area contributed by atoms with E-state index in [0.29, 0.717) is 11.3 Å². The fraction of sp³-hybridized carbons (Fsp3) is 0.444. The maximum absolute atomic E-state index is 12.3. The number of nitrogens with one attached hydrogen (secondary N) is 2. The van der Waals surface area contributed by atoms with E-state index in [0.717, 1.165) is 25.9 Å². The number of aromatic nitrogens is 2. The van der Waals surface area contributed by atoms with Gasteiger partial charge in [-0.3, -0.25) is 9.48 Å². The fourth-order valence-corrected chi connectivity index (χ4v) is 2.91. The molecule has 2 aromatic rings. The minimum atomic E-state index is -4.39. The number of ether oxygens (including phenoxy) is 1. The number of piperidine rings is 1. The summed E-state index contributed by atoms with van der Waals surface area (Å²) in [5.74, 6) is -0.229. The van der Waals surface area contributed by atoms with E-state index < -0.39 is 12.8 Å². The quantitative estimate of drug-likeness (QED) is 0.756. The van der Waals surface area contributed by atoms with Gasteiger partial charge in [0, 0.05) is 19.3 Å². The van der Waals surface area contributed by atoms with E-state index in [-0.39, 0.29) is 36.7 Å². The molecule has 1 amide bonds. The van der Waals surface area contributed by atoms with Gasteiger partial charge in [0.25, 0.3) is 5.91 Å². The van der Waals surface area contributed by atoms with E-state index in [1.807, 2.05) is 0 Å². The van der Waals surface area contributed by atoms with Crippen molar-refractivity contribution in [2.45, 2.75) is 31.6 Å². The van der Waals surface area contributed by atoms with E-state index in [1.54, 1.807) is 29.1 Å². The normalized spacial score (nSPS) is 16.9. The third-order valence-corrected chi connectivity index (χ3v) is 4.24. The van der Waals surface area contributed by atoms with E-state index in [4.69, 9.17) is 4.74 Å². The Balaban J connectivity index is 0.00000280. The number of carbonyl (C=O) groups excluding carboxylic acids is 1. The second-order valence-electron chi connectivity index (χ2n) is 6.42. The minimum Gasteiger partial charge on any atom is -0.484 e. The van der Waals surface area contributed by atoms with Crippen molar-refractivity contribution in [1.82, 2.24) is 20.4 Å². The summed E-state index contributed by atoms with van der Waals surface area (Å²) < 4.78 is 43.2. The summed E-state index contributed by atoms with van der Waals surface area (Å²) in [4.78, 5) is 12.3. The van der Waals surface area contributed by atoms with E-state index >= 15 is 0 Å². The number of hydrogen-bond acceptors (Lipinski definition) is 4. The van der Waals surface area contributed by atoms with Crippen molar-refractivity contribution in [3.8, 4) is 5.75 Å². The molecular weight excluding hydrogens is 397 g/mol. The van der Waals surface area contributed by atoms with E-state index in [2.05, 4.69) is 15.7 Å². The highest BCUT2D eigenvalue weighted by Crippen LogP contribution is 2.19. The lowest BCUT2D eigenvalue weighted by atomic mass is 10.1. The summed E-state index contributed by atoms with van der Waals surface area (Å²) in [5.41, 5.74) is 0.948. The molecule has 154 valence electrons. The second-order valence-corrected chi connectivity index (χ2v) is 6.42. The molecule has 1 unspecified atom stereocenters. The van der Waals surface area contributed by atoms with E-state index in [9.17, 15) is 18.0 Å². The Labute approximate surface area is 166 Å². The Morgan fingerprint density at radius 3 is 2.89 bits per heavy atom. The van der Waals surface area contributed by atoms with Crippen LogP contribution in [0, 0.1) is 0 Å². The van der Waals surface area contributed by atoms with Gasteiger partial charge in [0.1, 0.15) is 11.4 Å². The molecule has 0 spiro atoms. The van der Waals surface area contributed by atoms with Gasteiger partial charge >= 0.3 is 6.18 Å². The van der Waals surface area contributed by atoms with Crippen molar-refractivity contribution in [3.63, 3.8) is 0 Å². The first-order chi connectivity index (χ1) is 12.9. The monoisotopic (exact) mass is 418 g/mol. The number of nitrogens with zero attached hydrogens (tertiary/aromatic N) is 2. The van der Waals surface area contributed by atoms with Gasteiger partial charge in [0.2, 0.25) is 0 Å². The topological polar surface area (TPSA) is 68.2 Å². The SMILES string of the molecule is Cl.O=C(NCc1cccc(OCC(F)(F)F)c1)c1ccn(C2CCCNC2)n1. The average Bonchev–Trinajstić information content (AvgIpc) is 3.15. The molecule has 0 bridgehead atoms. The van der Waals surface area contributed by atoms with Gasteiger partial charge in [-0.25, -0.2) is 0 Å². The zero-order valence-electron chi connectivity index (χ0n) is 15.0. The second kappa shape index (κ2) is 9.79. The van der Waals surface area contributed by atoms with Crippen molar-refractivity contribution in [2.24, 2.45) is 0 Å². The number of amides is 1. The van der Waals surface area contributed by atoms with Gasteiger partial charge in [0.15, 0.2) is 6.61 Å². The largest absolute Gasteiger partial charge is 0.484 e. The maximum Gasteiger partial charge on any atom is 0.422 e. The third kappa shape index (κ3) is 6.42. The highest BCUT2D eigenvalue weighted by atomic mass is 35.5. The summed E-state index contributed by atoms with van der Waals surface area (Å²) in [6.45, 7) is 0.639. The van der Waals surface area contributed by atoms with Crippen LogP contribution in [0.1, 0.15) is 34.9 Å². The summed E-state index contributed by atoms with van der Waals surface area (Å²) in [5, 5.41) is 10.4. The molecular formula is C18H22ClF3N4O2.